The summed E-state index contributed by atoms with van der Waals surface area (Å²) in [5, 5.41) is 0. The molecule has 6 heteroatoms. The summed E-state index contributed by atoms with van der Waals surface area (Å²) in [5.74, 6) is 0.0593. The van der Waals surface area contributed by atoms with E-state index in [9.17, 15) is 13.2 Å². The quantitative estimate of drug-likeness (QED) is 0.894. The average molecular weight is 358 g/mol. The molecule has 1 aliphatic rings. The van der Waals surface area contributed by atoms with Crippen LogP contribution in [0.5, 0.6) is 0 Å². The highest BCUT2D eigenvalue weighted by Gasteiger charge is 2.31. The van der Waals surface area contributed by atoms with Crippen LogP contribution in [0, 0.1) is 0 Å². The molecule has 0 spiro atoms. The number of hydrogen-bond donors (Lipinski definition) is 1. The topological polar surface area (TPSA) is 66.5 Å². The minimum Gasteiger partial charge on any atom is -0.309 e. The third kappa shape index (κ3) is 3.60. The minimum absolute atomic E-state index is 0.0534. The van der Waals surface area contributed by atoms with Crippen molar-refractivity contribution in [2.24, 2.45) is 0 Å². The van der Waals surface area contributed by atoms with E-state index in [2.05, 4.69) is 4.72 Å². The summed E-state index contributed by atoms with van der Waals surface area (Å²) in [7, 11) is -3.59. The summed E-state index contributed by atoms with van der Waals surface area (Å²) >= 11 is 0. The zero-order chi connectivity index (χ0) is 18.0. The summed E-state index contributed by atoms with van der Waals surface area (Å²) in [6.07, 6.45) is 1.10. The van der Waals surface area contributed by atoms with E-state index in [1.165, 1.54) is 0 Å². The van der Waals surface area contributed by atoms with Crippen molar-refractivity contribution in [3.63, 3.8) is 0 Å². The third-order valence-electron chi connectivity index (χ3n) is 4.46. The van der Waals surface area contributed by atoms with Gasteiger partial charge in [-0.1, -0.05) is 37.3 Å². The molecule has 1 heterocycles. The number of hydrogen-bond acceptors (Lipinski definition) is 3. The number of benzene rings is 2. The fraction of sp³-hybridized carbons (Fsp3) is 0.316. The van der Waals surface area contributed by atoms with Crippen molar-refractivity contribution < 1.29 is 13.2 Å². The second-order valence-corrected chi connectivity index (χ2v) is 8.04. The first kappa shape index (κ1) is 17.6. The van der Waals surface area contributed by atoms with Crippen LogP contribution in [0.15, 0.2) is 53.4 Å². The highest BCUT2D eigenvalue weighted by molar-refractivity contribution is 7.89. The maximum atomic E-state index is 12.6. The standard InChI is InChI=1S/C19H22N2O3S/c1-3-19(22)21-14(2)11-16-12-17(9-10-18(16)21)25(23,24)20-13-15-7-5-4-6-8-15/h4-10,12,14,20H,3,11,13H2,1-2H3/t14-/m0/s1. The molecule has 2 aromatic rings. The van der Waals surface area contributed by atoms with Crippen LogP contribution in [0.1, 0.15) is 31.4 Å². The van der Waals surface area contributed by atoms with Gasteiger partial charge in [0.2, 0.25) is 15.9 Å². The number of nitrogens with zero attached hydrogens (tertiary/aromatic N) is 1. The van der Waals surface area contributed by atoms with E-state index >= 15 is 0 Å². The van der Waals surface area contributed by atoms with Crippen LogP contribution in [0.25, 0.3) is 0 Å². The van der Waals surface area contributed by atoms with Gasteiger partial charge in [-0.3, -0.25) is 4.79 Å². The van der Waals surface area contributed by atoms with Crippen LogP contribution < -0.4 is 9.62 Å². The van der Waals surface area contributed by atoms with Gasteiger partial charge < -0.3 is 4.90 Å². The zero-order valence-corrected chi connectivity index (χ0v) is 15.2. The maximum absolute atomic E-state index is 12.6. The normalized spacial score (nSPS) is 16.7. The first-order valence-electron chi connectivity index (χ1n) is 8.41. The second kappa shape index (κ2) is 6.98. The number of carbonyl (C=O) groups excluding carboxylic acids is 1. The van der Waals surface area contributed by atoms with Crippen molar-refractivity contribution in [1.29, 1.82) is 0 Å². The van der Waals surface area contributed by atoms with Crippen molar-refractivity contribution in [2.45, 2.75) is 44.2 Å². The highest BCUT2D eigenvalue weighted by Crippen LogP contribution is 2.34. The van der Waals surface area contributed by atoms with Gasteiger partial charge in [0.05, 0.1) is 4.90 Å². The van der Waals surface area contributed by atoms with Crippen LogP contribution >= 0.6 is 0 Å². The number of sulfonamides is 1. The minimum atomic E-state index is -3.59. The van der Waals surface area contributed by atoms with Gasteiger partial charge in [-0.2, -0.15) is 0 Å². The first-order chi connectivity index (χ1) is 11.9. The van der Waals surface area contributed by atoms with E-state index in [1.54, 1.807) is 23.1 Å². The summed E-state index contributed by atoms with van der Waals surface area (Å²) in [6, 6.07) is 14.4. The fourth-order valence-electron chi connectivity index (χ4n) is 3.18. The van der Waals surface area contributed by atoms with Crippen LogP contribution in [0.2, 0.25) is 0 Å². The Bertz CT molecular complexity index is 879. The van der Waals surface area contributed by atoms with Crippen LogP contribution in [0.3, 0.4) is 0 Å². The van der Waals surface area contributed by atoms with Gasteiger partial charge in [0.1, 0.15) is 0 Å². The molecular weight excluding hydrogens is 336 g/mol. The molecule has 0 aromatic heterocycles. The summed E-state index contributed by atoms with van der Waals surface area (Å²) in [5.41, 5.74) is 2.62. The van der Waals surface area contributed by atoms with Crippen molar-refractivity contribution >= 4 is 21.6 Å². The number of amides is 1. The number of nitrogens with one attached hydrogen (secondary N) is 1. The van der Waals surface area contributed by atoms with E-state index in [0.29, 0.717) is 12.8 Å². The van der Waals surface area contributed by atoms with Crippen molar-refractivity contribution in [3.8, 4) is 0 Å². The Hall–Kier alpha value is -2.18. The molecular formula is C19H22N2O3S. The van der Waals surface area contributed by atoms with Gasteiger partial charge in [0.15, 0.2) is 0 Å². The van der Waals surface area contributed by atoms with Gasteiger partial charge in [-0.15, -0.1) is 0 Å². The number of anilines is 1. The average Bonchev–Trinajstić information content (AvgIpc) is 2.95. The monoisotopic (exact) mass is 358 g/mol. The van der Waals surface area contributed by atoms with E-state index < -0.39 is 10.0 Å². The molecule has 1 N–H and O–H groups in total. The lowest BCUT2D eigenvalue weighted by molar-refractivity contribution is -0.118. The second-order valence-electron chi connectivity index (χ2n) is 6.27. The Kier molecular flexibility index (Phi) is 4.92. The van der Waals surface area contributed by atoms with Crippen LogP contribution in [-0.4, -0.2) is 20.4 Å². The van der Waals surface area contributed by atoms with Gasteiger partial charge in [0.25, 0.3) is 0 Å². The Morgan fingerprint density at radius 3 is 2.60 bits per heavy atom. The molecule has 1 aliphatic heterocycles. The predicted molar refractivity (Wildman–Crippen MR) is 97.9 cm³/mol. The van der Waals surface area contributed by atoms with E-state index in [-0.39, 0.29) is 23.4 Å². The molecule has 5 nitrogen and oxygen atoms in total. The SMILES string of the molecule is CCC(=O)N1c2ccc(S(=O)(=O)NCc3ccccc3)cc2C[C@@H]1C. The molecule has 2 aromatic carbocycles. The van der Waals surface area contributed by atoms with Crippen LogP contribution in [-0.2, 0) is 27.8 Å². The Morgan fingerprint density at radius 2 is 1.92 bits per heavy atom. The Morgan fingerprint density at radius 1 is 1.20 bits per heavy atom. The lowest BCUT2D eigenvalue weighted by Crippen LogP contribution is -2.35. The van der Waals surface area contributed by atoms with Crippen molar-refractivity contribution in [1.82, 2.24) is 4.72 Å². The largest absolute Gasteiger partial charge is 0.309 e. The zero-order valence-electron chi connectivity index (χ0n) is 14.4. The molecule has 3 rings (SSSR count). The van der Waals surface area contributed by atoms with Crippen molar-refractivity contribution in [3.05, 3.63) is 59.7 Å². The highest BCUT2D eigenvalue weighted by atomic mass is 32.2. The molecule has 1 amide bonds. The van der Waals surface area contributed by atoms with Crippen LogP contribution in [0.4, 0.5) is 5.69 Å². The lowest BCUT2D eigenvalue weighted by atomic mass is 10.1. The molecule has 0 aliphatic carbocycles. The Balaban J connectivity index is 1.82. The van der Waals surface area contributed by atoms with E-state index in [4.69, 9.17) is 0 Å². The molecule has 25 heavy (non-hydrogen) atoms. The molecule has 0 saturated carbocycles. The molecule has 132 valence electrons. The fourth-order valence-corrected chi connectivity index (χ4v) is 4.25. The van der Waals surface area contributed by atoms with Gasteiger partial charge >= 0.3 is 0 Å². The van der Waals surface area contributed by atoms with Gasteiger partial charge in [-0.05, 0) is 42.7 Å². The van der Waals surface area contributed by atoms with Gasteiger partial charge in [-0.25, -0.2) is 13.1 Å². The number of rotatable bonds is 5. The molecule has 0 saturated heterocycles. The summed E-state index contributed by atoms with van der Waals surface area (Å²) in [4.78, 5) is 14.1. The number of fused-ring (bicyclic) bond motifs is 1. The third-order valence-corrected chi connectivity index (χ3v) is 5.86. The van der Waals surface area contributed by atoms with Crippen molar-refractivity contribution in [2.75, 3.05) is 4.90 Å². The predicted octanol–water partition coefficient (Wildman–Crippen LogP) is 2.85. The smallest absolute Gasteiger partial charge is 0.240 e. The summed E-state index contributed by atoms with van der Waals surface area (Å²) in [6.45, 7) is 4.06. The first-order valence-corrected chi connectivity index (χ1v) is 9.89. The Labute approximate surface area is 148 Å². The molecule has 1 atom stereocenters. The lowest BCUT2D eigenvalue weighted by Gasteiger charge is -2.22. The molecule has 0 fully saturated rings. The molecule has 0 radical (unpaired) electrons. The maximum Gasteiger partial charge on any atom is 0.240 e. The van der Waals surface area contributed by atoms with Gasteiger partial charge in [0, 0.05) is 24.7 Å². The van der Waals surface area contributed by atoms with E-state index in [1.807, 2.05) is 44.2 Å². The number of carbonyl (C=O) groups is 1. The van der Waals surface area contributed by atoms with E-state index in [0.717, 1.165) is 16.8 Å². The molecule has 0 unspecified atom stereocenters. The summed E-state index contributed by atoms with van der Waals surface area (Å²) < 4.78 is 27.8. The molecule has 0 bridgehead atoms.